The molecule has 1 unspecified atom stereocenters. The largest absolute Gasteiger partial charge is 0.469 e. The molecule has 142 valence electrons. The molecule has 4 heterocycles. The molecule has 0 saturated carbocycles. The maximum absolute atomic E-state index is 13.0. The van der Waals surface area contributed by atoms with Gasteiger partial charge in [-0.15, -0.1) is 10.2 Å². The van der Waals surface area contributed by atoms with Gasteiger partial charge < -0.3 is 9.32 Å². The summed E-state index contributed by atoms with van der Waals surface area (Å²) >= 11 is 0. The van der Waals surface area contributed by atoms with E-state index < -0.39 is 11.7 Å². The Labute approximate surface area is 152 Å². The molecule has 4 rings (SSSR count). The Balaban J connectivity index is 1.63. The lowest BCUT2D eigenvalue weighted by Gasteiger charge is -2.32. The number of piperidine rings is 1. The van der Waals surface area contributed by atoms with E-state index in [9.17, 15) is 18.0 Å². The zero-order valence-electron chi connectivity index (χ0n) is 14.5. The van der Waals surface area contributed by atoms with E-state index in [-0.39, 0.29) is 11.8 Å². The van der Waals surface area contributed by atoms with Crippen LogP contribution in [0.2, 0.25) is 0 Å². The fraction of sp³-hybridized carbons (Fsp3) is 0.389. The second kappa shape index (κ2) is 6.40. The molecule has 27 heavy (non-hydrogen) atoms. The number of aromatic nitrogens is 3. The molecule has 1 saturated heterocycles. The topological polar surface area (TPSA) is 63.6 Å². The van der Waals surface area contributed by atoms with Crippen molar-refractivity contribution in [2.75, 3.05) is 13.1 Å². The molecule has 3 aromatic rings. The second-order valence-electron chi connectivity index (χ2n) is 6.68. The quantitative estimate of drug-likeness (QED) is 0.683. The fourth-order valence-electron chi connectivity index (χ4n) is 3.50. The molecule has 1 aliphatic heterocycles. The highest BCUT2D eigenvalue weighted by atomic mass is 19.4. The Morgan fingerprint density at radius 1 is 1.26 bits per heavy atom. The number of hydrogen-bond acceptors (Lipinski definition) is 4. The van der Waals surface area contributed by atoms with Crippen LogP contribution in [0.1, 0.15) is 46.3 Å². The molecular weight excluding hydrogens is 361 g/mol. The van der Waals surface area contributed by atoms with Gasteiger partial charge in [-0.3, -0.25) is 9.20 Å². The van der Waals surface area contributed by atoms with Gasteiger partial charge in [0, 0.05) is 25.2 Å². The van der Waals surface area contributed by atoms with Crippen LogP contribution in [-0.2, 0) is 6.18 Å². The average Bonchev–Trinajstić information content (AvgIpc) is 3.26. The first-order valence-electron chi connectivity index (χ1n) is 8.60. The molecule has 9 heteroatoms. The summed E-state index contributed by atoms with van der Waals surface area (Å²) in [5.74, 6) is 0.659. The van der Waals surface area contributed by atoms with Gasteiger partial charge in [0.25, 0.3) is 5.91 Å². The van der Waals surface area contributed by atoms with Gasteiger partial charge in [0.15, 0.2) is 5.65 Å². The predicted molar refractivity (Wildman–Crippen MR) is 89.3 cm³/mol. The van der Waals surface area contributed by atoms with E-state index in [0.29, 0.717) is 35.9 Å². The highest BCUT2D eigenvalue weighted by molar-refractivity contribution is 5.95. The summed E-state index contributed by atoms with van der Waals surface area (Å²) < 4.78 is 45.7. The summed E-state index contributed by atoms with van der Waals surface area (Å²) in [4.78, 5) is 14.4. The molecular formula is C18H17F3N4O2. The van der Waals surface area contributed by atoms with Crippen molar-refractivity contribution in [1.82, 2.24) is 19.5 Å². The van der Waals surface area contributed by atoms with Crippen molar-refractivity contribution in [2.24, 2.45) is 0 Å². The number of hydrogen-bond donors (Lipinski definition) is 0. The normalized spacial score (nSPS) is 18.2. The number of halogens is 3. The van der Waals surface area contributed by atoms with Gasteiger partial charge in [-0.05, 0) is 38.0 Å². The Hall–Kier alpha value is -2.84. The minimum Gasteiger partial charge on any atom is -0.469 e. The van der Waals surface area contributed by atoms with Crippen LogP contribution in [0.15, 0.2) is 35.1 Å². The van der Waals surface area contributed by atoms with E-state index in [1.54, 1.807) is 17.9 Å². The van der Waals surface area contributed by atoms with Crippen LogP contribution in [0, 0.1) is 6.92 Å². The van der Waals surface area contributed by atoms with Crippen LogP contribution >= 0.6 is 0 Å². The van der Waals surface area contributed by atoms with Crippen molar-refractivity contribution in [2.45, 2.75) is 31.9 Å². The van der Waals surface area contributed by atoms with Crippen LogP contribution in [-0.4, -0.2) is 38.5 Å². The molecule has 0 bridgehead atoms. The molecule has 6 nitrogen and oxygen atoms in total. The maximum atomic E-state index is 13.0. The molecule has 0 spiro atoms. The van der Waals surface area contributed by atoms with Gasteiger partial charge in [0.05, 0.1) is 17.4 Å². The van der Waals surface area contributed by atoms with Crippen LogP contribution in [0.25, 0.3) is 5.65 Å². The van der Waals surface area contributed by atoms with Crippen molar-refractivity contribution in [1.29, 1.82) is 0 Å². The third-order valence-corrected chi connectivity index (χ3v) is 4.92. The molecule has 0 aliphatic carbocycles. The lowest BCUT2D eigenvalue weighted by molar-refractivity contribution is -0.137. The highest BCUT2D eigenvalue weighted by Gasteiger charge is 2.33. The van der Waals surface area contributed by atoms with Gasteiger partial charge in [-0.2, -0.15) is 13.2 Å². The Morgan fingerprint density at radius 2 is 2.07 bits per heavy atom. The molecule has 0 N–H and O–H groups in total. The maximum Gasteiger partial charge on any atom is 0.417 e. The summed E-state index contributed by atoms with van der Waals surface area (Å²) in [5, 5.41) is 8.08. The number of alkyl halides is 3. The van der Waals surface area contributed by atoms with E-state index >= 15 is 0 Å². The highest BCUT2D eigenvalue weighted by Crippen LogP contribution is 2.31. The lowest BCUT2D eigenvalue weighted by Crippen LogP contribution is -2.39. The number of amides is 1. The Bertz CT molecular complexity index is 992. The SMILES string of the molecule is Cc1occc1C(=O)N1CCCC(c2nnc3ccc(C(F)(F)F)cn23)C1. The second-order valence-corrected chi connectivity index (χ2v) is 6.68. The van der Waals surface area contributed by atoms with Crippen LogP contribution in [0.3, 0.4) is 0 Å². The zero-order chi connectivity index (χ0) is 19.2. The molecule has 1 atom stereocenters. The third kappa shape index (κ3) is 3.17. The smallest absolute Gasteiger partial charge is 0.417 e. The number of furan rings is 1. The minimum absolute atomic E-state index is 0.143. The van der Waals surface area contributed by atoms with Crippen molar-refractivity contribution < 1.29 is 22.4 Å². The van der Waals surface area contributed by atoms with Crippen molar-refractivity contribution in [3.63, 3.8) is 0 Å². The molecule has 1 aliphatic rings. The van der Waals surface area contributed by atoms with E-state index in [0.717, 1.165) is 25.1 Å². The molecule has 1 amide bonds. The Morgan fingerprint density at radius 3 is 2.78 bits per heavy atom. The lowest BCUT2D eigenvalue weighted by atomic mass is 9.96. The average molecular weight is 378 g/mol. The van der Waals surface area contributed by atoms with E-state index in [2.05, 4.69) is 10.2 Å². The standard InChI is InChI=1S/C18H17F3N4O2/c1-11-14(6-8-27-11)17(26)24-7-2-3-12(9-24)16-23-22-15-5-4-13(10-25(15)16)18(19,20)21/h4-6,8,10,12H,2-3,7,9H2,1H3. The fourth-order valence-corrected chi connectivity index (χ4v) is 3.50. The monoisotopic (exact) mass is 378 g/mol. The molecule has 3 aromatic heterocycles. The molecule has 0 radical (unpaired) electrons. The van der Waals surface area contributed by atoms with Gasteiger partial charge in [-0.25, -0.2) is 0 Å². The zero-order valence-corrected chi connectivity index (χ0v) is 14.5. The van der Waals surface area contributed by atoms with Gasteiger partial charge in [0.2, 0.25) is 0 Å². The molecule has 0 aromatic carbocycles. The van der Waals surface area contributed by atoms with Crippen molar-refractivity contribution in [3.8, 4) is 0 Å². The number of likely N-dealkylation sites (tertiary alicyclic amines) is 1. The third-order valence-electron chi connectivity index (χ3n) is 4.92. The number of rotatable bonds is 2. The number of pyridine rings is 1. The van der Waals surface area contributed by atoms with Crippen LogP contribution in [0.4, 0.5) is 13.2 Å². The first-order chi connectivity index (χ1) is 12.8. The van der Waals surface area contributed by atoms with E-state index in [4.69, 9.17) is 4.42 Å². The van der Waals surface area contributed by atoms with Crippen molar-refractivity contribution >= 4 is 11.6 Å². The summed E-state index contributed by atoms with van der Waals surface area (Å²) in [5.41, 5.74) is 0.0991. The van der Waals surface area contributed by atoms with Crippen LogP contribution < -0.4 is 0 Å². The minimum atomic E-state index is -4.44. The van der Waals surface area contributed by atoms with E-state index in [1.807, 2.05) is 0 Å². The predicted octanol–water partition coefficient (Wildman–Crippen LogP) is 3.67. The molecule has 1 fully saturated rings. The van der Waals surface area contributed by atoms with Gasteiger partial charge >= 0.3 is 6.18 Å². The summed E-state index contributed by atoms with van der Waals surface area (Å²) in [6.07, 6.45) is -0.490. The van der Waals surface area contributed by atoms with E-state index in [1.165, 1.54) is 16.7 Å². The summed E-state index contributed by atoms with van der Waals surface area (Å²) in [7, 11) is 0. The summed E-state index contributed by atoms with van der Waals surface area (Å²) in [6.45, 7) is 2.68. The number of carbonyl (C=O) groups is 1. The number of fused-ring (bicyclic) bond motifs is 1. The number of carbonyl (C=O) groups excluding carboxylic acids is 1. The first kappa shape index (κ1) is 17.6. The first-order valence-corrected chi connectivity index (χ1v) is 8.60. The number of aryl methyl sites for hydroxylation is 1. The Kier molecular flexibility index (Phi) is 4.16. The van der Waals surface area contributed by atoms with Crippen molar-refractivity contribution in [3.05, 3.63) is 53.4 Å². The summed E-state index contributed by atoms with van der Waals surface area (Å²) in [6, 6.07) is 3.93. The van der Waals surface area contributed by atoms with Crippen LogP contribution in [0.5, 0.6) is 0 Å². The number of nitrogens with zero attached hydrogens (tertiary/aromatic N) is 4. The van der Waals surface area contributed by atoms with Gasteiger partial charge in [-0.1, -0.05) is 0 Å². The van der Waals surface area contributed by atoms with Gasteiger partial charge in [0.1, 0.15) is 11.6 Å².